The molecule has 1 aromatic carbocycles. The van der Waals surface area contributed by atoms with Crippen LogP contribution in [0.25, 0.3) is 0 Å². The van der Waals surface area contributed by atoms with E-state index in [0.29, 0.717) is 18.6 Å². The number of amides is 3. The Kier molecular flexibility index (Phi) is 7.05. The summed E-state index contributed by atoms with van der Waals surface area (Å²) in [4.78, 5) is 33.3. The van der Waals surface area contributed by atoms with Crippen molar-refractivity contribution in [3.63, 3.8) is 0 Å². The molecule has 8 nitrogen and oxygen atoms in total. The van der Waals surface area contributed by atoms with Crippen molar-refractivity contribution in [2.24, 2.45) is 5.73 Å². The molecule has 0 heterocycles. The summed E-state index contributed by atoms with van der Waals surface area (Å²) in [6.45, 7) is 0.247. The number of carbonyl (C=O) groups is 3. The van der Waals surface area contributed by atoms with Crippen LogP contribution in [0.2, 0.25) is 0 Å². The van der Waals surface area contributed by atoms with Crippen molar-refractivity contribution in [3.8, 4) is 0 Å². The number of hydrogen-bond acceptors (Lipinski definition) is 4. The Morgan fingerprint density at radius 2 is 1.83 bits per heavy atom. The van der Waals surface area contributed by atoms with E-state index in [4.69, 9.17) is 10.8 Å². The van der Waals surface area contributed by atoms with Crippen molar-refractivity contribution in [2.75, 3.05) is 18.9 Å². The maximum absolute atomic E-state index is 13.8. The van der Waals surface area contributed by atoms with Gasteiger partial charge in [-0.1, -0.05) is 0 Å². The van der Waals surface area contributed by atoms with Crippen LogP contribution in [0.3, 0.4) is 0 Å². The lowest BCUT2D eigenvalue weighted by atomic mass is 10.1. The number of nitrogens with two attached hydrogens (primary N) is 1. The van der Waals surface area contributed by atoms with Crippen molar-refractivity contribution in [1.29, 1.82) is 0 Å². The van der Waals surface area contributed by atoms with Crippen LogP contribution in [0.1, 0.15) is 23.2 Å². The van der Waals surface area contributed by atoms with Gasteiger partial charge in [-0.05, 0) is 32.0 Å². The summed E-state index contributed by atoms with van der Waals surface area (Å²) in [6.07, 6.45) is 0.684. The van der Waals surface area contributed by atoms with Gasteiger partial charge in [-0.2, -0.15) is 0 Å². The Hall–Kier alpha value is -2.75. The third-order valence-corrected chi connectivity index (χ3v) is 3.17. The summed E-state index contributed by atoms with van der Waals surface area (Å²) in [5.41, 5.74) is 3.61. The van der Waals surface area contributed by atoms with Gasteiger partial charge in [0.25, 0.3) is 0 Å². The maximum Gasteiger partial charge on any atom is 0.335 e. The highest BCUT2D eigenvalue weighted by atomic mass is 19.1. The lowest BCUT2D eigenvalue weighted by molar-refractivity contribution is -0.118. The predicted octanol–water partition coefficient (Wildman–Crippen LogP) is 0.638. The number of carbonyl (C=O) groups excluding carboxylic acids is 2. The maximum atomic E-state index is 13.8. The van der Waals surface area contributed by atoms with Crippen molar-refractivity contribution < 1.29 is 28.3 Å². The van der Waals surface area contributed by atoms with Crippen LogP contribution in [-0.2, 0) is 4.79 Å². The highest BCUT2D eigenvalue weighted by Crippen LogP contribution is 2.21. The average Bonchev–Trinajstić information content (AvgIpc) is 2.50. The first-order valence-electron chi connectivity index (χ1n) is 7.00. The van der Waals surface area contributed by atoms with Crippen LogP contribution in [0.4, 0.5) is 19.3 Å². The molecule has 0 saturated carbocycles. The monoisotopic (exact) mass is 344 g/mol. The number of anilines is 1. The standard InChI is InChI=1S/C14H18F2N4O4/c1-18-10(3-2-4-19-14(17)24)12(21)20-11-8(15)5-7(13(22)23)6-9(11)16/h5-6,10,18H,2-4H2,1H3,(H,20,21)(H,22,23)(H3,17,19,24)/t10-/m0/s1. The third kappa shape index (κ3) is 5.47. The van der Waals surface area contributed by atoms with Gasteiger partial charge in [0.15, 0.2) is 11.6 Å². The van der Waals surface area contributed by atoms with Crippen LogP contribution < -0.4 is 21.7 Å². The Labute approximate surface area is 136 Å². The zero-order valence-electron chi connectivity index (χ0n) is 12.9. The molecule has 0 aliphatic heterocycles. The summed E-state index contributed by atoms with van der Waals surface area (Å²) >= 11 is 0. The smallest absolute Gasteiger partial charge is 0.335 e. The summed E-state index contributed by atoms with van der Waals surface area (Å²) < 4.78 is 27.6. The van der Waals surface area contributed by atoms with Gasteiger partial charge in [-0.3, -0.25) is 4.79 Å². The van der Waals surface area contributed by atoms with E-state index in [0.717, 1.165) is 0 Å². The Morgan fingerprint density at radius 1 is 1.25 bits per heavy atom. The summed E-state index contributed by atoms with van der Waals surface area (Å²) in [7, 11) is 1.49. The predicted molar refractivity (Wildman–Crippen MR) is 81.6 cm³/mol. The molecule has 0 bridgehead atoms. The van der Waals surface area contributed by atoms with Crippen LogP contribution in [0.5, 0.6) is 0 Å². The number of halogens is 2. The lowest BCUT2D eigenvalue weighted by Gasteiger charge is -2.17. The van der Waals surface area contributed by atoms with E-state index in [2.05, 4.69) is 16.0 Å². The highest BCUT2D eigenvalue weighted by molar-refractivity contribution is 5.96. The van der Waals surface area contributed by atoms with Gasteiger partial charge in [-0.15, -0.1) is 0 Å². The fourth-order valence-corrected chi connectivity index (χ4v) is 1.95. The van der Waals surface area contributed by atoms with E-state index in [1.807, 2.05) is 0 Å². The summed E-state index contributed by atoms with van der Waals surface area (Å²) in [5, 5.41) is 15.8. The number of aromatic carboxylic acids is 1. The molecule has 1 rings (SSSR count). The van der Waals surface area contributed by atoms with Crippen LogP contribution in [-0.4, -0.2) is 42.6 Å². The van der Waals surface area contributed by atoms with E-state index in [-0.39, 0.29) is 13.0 Å². The fourth-order valence-electron chi connectivity index (χ4n) is 1.95. The highest BCUT2D eigenvalue weighted by Gasteiger charge is 2.21. The molecule has 0 fully saturated rings. The SMILES string of the molecule is CN[C@@H](CCCNC(N)=O)C(=O)Nc1c(F)cc(C(=O)O)cc1F. The second kappa shape index (κ2) is 8.77. The molecule has 0 spiro atoms. The molecule has 6 N–H and O–H groups in total. The lowest BCUT2D eigenvalue weighted by Crippen LogP contribution is -2.39. The number of benzene rings is 1. The van der Waals surface area contributed by atoms with Crippen molar-refractivity contribution in [1.82, 2.24) is 10.6 Å². The zero-order valence-corrected chi connectivity index (χ0v) is 12.9. The van der Waals surface area contributed by atoms with Crippen LogP contribution >= 0.6 is 0 Å². The van der Waals surface area contributed by atoms with Gasteiger partial charge in [0.05, 0.1) is 11.6 Å². The van der Waals surface area contributed by atoms with Gasteiger partial charge < -0.3 is 26.8 Å². The molecule has 1 atom stereocenters. The van der Waals surface area contributed by atoms with Gasteiger partial charge in [-0.25, -0.2) is 18.4 Å². The number of primary amides is 1. The second-order valence-electron chi connectivity index (χ2n) is 4.88. The quantitative estimate of drug-likeness (QED) is 0.441. The fraction of sp³-hybridized carbons (Fsp3) is 0.357. The van der Waals surface area contributed by atoms with Gasteiger partial charge in [0, 0.05) is 6.54 Å². The number of carboxylic acids is 1. The first kappa shape index (κ1) is 19.3. The van der Waals surface area contributed by atoms with E-state index in [1.54, 1.807) is 0 Å². The van der Waals surface area contributed by atoms with Crippen molar-refractivity contribution in [2.45, 2.75) is 18.9 Å². The topological polar surface area (TPSA) is 134 Å². The molecule has 0 aromatic heterocycles. The minimum atomic E-state index is -1.49. The van der Waals surface area contributed by atoms with Crippen LogP contribution in [0, 0.1) is 11.6 Å². The van der Waals surface area contributed by atoms with Crippen molar-refractivity contribution >= 4 is 23.6 Å². The second-order valence-corrected chi connectivity index (χ2v) is 4.88. The number of rotatable bonds is 8. The van der Waals surface area contributed by atoms with Crippen molar-refractivity contribution in [3.05, 3.63) is 29.3 Å². The zero-order chi connectivity index (χ0) is 18.3. The summed E-state index contributed by atoms with van der Waals surface area (Å²) in [6, 6.07) is -0.223. The van der Waals surface area contributed by atoms with Crippen LogP contribution in [0.15, 0.2) is 12.1 Å². The van der Waals surface area contributed by atoms with E-state index < -0.39 is 46.8 Å². The molecule has 3 amide bonds. The van der Waals surface area contributed by atoms with E-state index >= 15 is 0 Å². The van der Waals surface area contributed by atoms with Gasteiger partial charge in [0.2, 0.25) is 5.91 Å². The number of hydrogen-bond donors (Lipinski definition) is 5. The first-order chi connectivity index (χ1) is 11.3. The average molecular weight is 344 g/mol. The Morgan fingerprint density at radius 3 is 2.29 bits per heavy atom. The number of carboxylic acid groups (broad SMARTS) is 1. The minimum Gasteiger partial charge on any atom is -0.478 e. The van der Waals surface area contributed by atoms with Gasteiger partial charge in [0.1, 0.15) is 5.69 Å². The molecule has 0 unspecified atom stereocenters. The number of urea groups is 1. The molecular formula is C14H18F2N4O4. The summed E-state index contributed by atoms with van der Waals surface area (Å²) in [5.74, 6) is -4.56. The molecule has 0 aliphatic carbocycles. The normalized spacial score (nSPS) is 11.6. The Balaban J connectivity index is 2.74. The molecule has 0 saturated heterocycles. The van der Waals surface area contributed by atoms with E-state index in [1.165, 1.54) is 7.05 Å². The minimum absolute atomic E-state index is 0.247. The Bertz CT molecular complexity index is 616. The molecule has 132 valence electrons. The molecule has 1 aromatic rings. The molecule has 0 aliphatic rings. The molecule has 24 heavy (non-hydrogen) atoms. The van der Waals surface area contributed by atoms with Gasteiger partial charge >= 0.3 is 12.0 Å². The molecule has 0 radical (unpaired) electrons. The number of nitrogens with one attached hydrogen (secondary N) is 3. The third-order valence-electron chi connectivity index (χ3n) is 3.17. The number of likely N-dealkylation sites (N-methyl/N-ethyl adjacent to an activating group) is 1. The first-order valence-corrected chi connectivity index (χ1v) is 7.00. The molecular weight excluding hydrogens is 326 g/mol. The largest absolute Gasteiger partial charge is 0.478 e. The molecule has 10 heteroatoms. The van der Waals surface area contributed by atoms with E-state index in [9.17, 15) is 23.2 Å².